The molecule has 1 fully saturated rings. The van der Waals surface area contributed by atoms with Gasteiger partial charge in [-0.2, -0.15) is 5.26 Å². The Kier molecular flexibility index (Phi) is 3.20. The Morgan fingerprint density at radius 3 is 3.06 bits per heavy atom. The molecule has 1 aliphatic rings. The predicted molar refractivity (Wildman–Crippen MR) is 59.3 cm³/mol. The Hall–Kier alpha value is -1.41. The van der Waals surface area contributed by atoms with E-state index in [4.69, 9.17) is 5.26 Å². The SMILES string of the molecule is C[C@H]1CC(CC#N)CC(c2cn(C)nn2)N1. The molecule has 2 heterocycles. The minimum absolute atomic E-state index is 0.246. The van der Waals surface area contributed by atoms with Crippen molar-refractivity contribution < 1.29 is 0 Å². The maximum absolute atomic E-state index is 8.76. The van der Waals surface area contributed by atoms with Crippen LogP contribution in [0.1, 0.15) is 37.9 Å². The van der Waals surface area contributed by atoms with E-state index >= 15 is 0 Å². The van der Waals surface area contributed by atoms with Crippen LogP contribution in [0.3, 0.4) is 0 Å². The molecule has 0 amide bonds. The Bertz CT molecular complexity index is 391. The van der Waals surface area contributed by atoms with E-state index in [1.54, 1.807) is 4.68 Å². The van der Waals surface area contributed by atoms with E-state index < -0.39 is 0 Å². The molecule has 0 radical (unpaired) electrons. The Morgan fingerprint density at radius 1 is 1.62 bits per heavy atom. The van der Waals surface area contributed by atoms with Crippen molar-refractivity contribution in [2.45, 2.75) is 38.3 Å². The van der Waals surface area contributed by atoms with Crippen LogP contribution in [0, 0.1) is 17.2 Å². The summed E-state index contributed by atoms with van der Waals surface area (Å²) in [7, 11) is 1.87. The van der Waals surface area contributed by atoms with Crippen molar-refractivity contribution in [3.63, 3.8) is 0 Å². The molecular formula is C11H17N5. The van der Waals surface area contributed by atoms with Crippen molar-refractivity contribution in [1.29, 1.82) is 5.26 Å². The monoisotopic (exact) mass is 219 g/mol. The summed E-state index contributed by atoms with van der Waals surface area (Å²) in [6.45, 7) is 2.16. The van der Waals surface area contributed by atoms with Crippen LogP contribution >= 0.6 is 0 Å². The number of piperidine rings is 1. The zero-order chi connectivity index (χ0) is 11.5. The molecule has 0 aliphatic carbocycles. The summed E-state index contributed by atoms with van der Waals surface area (Å²) in [5.41, 5.74) is 0.983. The molecule has 5 heteroatoms. The van der Waals surface area contributed by atoms with Gasteiger partial charge in [-0.25, -0.2) is 0 Å². The summed E-state index contributed by atoms with van der Waals surface area (Å²) >= 11 is 0. The van der Waals surface area contributed by atoms with Crippen LogP contribution in [-0.2, 0) is 7.05 Å². The molecule has 0 aromatic carbocycles. The van der Waals surface area contributed by atoms with Crippen LogP contribution in [0.2, 0.25) is 0 Å². The van der Waals surface area contributed by atoms with E-state index in [-0.39, 0.29) is 6.04 Å². The number of nitrogens with one attached hydrogen (secondary N) is 1. The van der Waals surface area contributed by atoms with Gasteiger partial charge in [0.15, 0.2) is 0 Å². The fourth-order valence-corrected chi connectivity index (χ4v) is 2.44. The third kappa shape index (κ3) is 2.39. The highest BCUT2D eigenvalue weighted by molar-refractivity contribution is 5.04. The summed E-state index contributed by atoms with van der Waals surface area (Å²) in [6, 6.07) is 2.96. The fraction of sp³-hybridized carbons (Fsp3) is 0.727. The van der Waals surface area contributed by atoms with Crippen LogP contribution in [0.15, 0.2) is 6.20 Å². The first-order valence-electron chi connectivity index (χ1n) is 5.68. The van der Waals surface area contributed by atoms with E-state index in [9.17, 15) is 0 Å². The number of hydrogen-bond acceptors (Lipinski definition) is 4. The van der Waals surface area contributed by atoms with Gasteiger partial charge in [-0.3, -0.25) is 4.68 Å². The summed E-state index contributed by atoms with van der Waals surface area (Å²) in [6.07, 6.45) is 4.64. The lowest BCUT2D eigenvalue weighted by atomic mass is 9.85. The number of hydrogen-bond donors (Lipinski definition) is 1. The van der Waals surface area contributed by atoms with Crippen LogP contribution in [-0.4, -0.2) is 21.0 Å². The number of nitrogens with zero attached hydrogens (tertiary/aromatic N) is 4. The number of nitriles is 1. The quantitative estimate of drug-likeness (QED) is 0.810. The Morgan fingerprint density at radius 2 is 2.44 bits per heavy atom. The normalized spacial score (nSPS) is 29.9. The first-order chi connectivity index (χ1) is 7.69. The molecule has 2 rings (SSSR count). The van der Waals surface area contributed by atoms with Gasteiger partial charge in [0.05, 0.1) is 17.8 Å². The van der Waals surface area contributed by atoms with Crippen LogP contribution in [0.5, 0.6) is 0 Å². The third-order valence-corrected chi connectivity index (χ3v) is 3.10. The number of rotatable bonds is 2. The molecule has 16 heavy (non-hydrogen) atoms. The Labute approximate surface area is 95.4 Å². The van der Waals surface area contributed by atoms with Gasteiger partial charge in [0.1, 0.15) is 0 Å². The highest BCUT2D eigenvalue weighted by atomic mass is 15.4. The van der Waals surface area contributed by atoms with Gasteiger partial charge in [0.2, 0.25) is 0 Å². The van der Waals surface area contributed by atoms with Gasteiger partial charge in [-0.1, -0.05) is 5.21 Å². The first-order valence-corrected chi connectivity index (χ1v) is 5.68. The molecule has 1 aliphatic heterocycles. The average molecular weight is 219 g/mol. The second-order valence-corrected chi connectivity index (χ2v) is 4.64. The molecule has 0 saturated carbocycles. The average Bonchev–Trinajstić information content (AvgIpc) is 2.64. The highest BCUT2D eigenvalue weighted by Crippen LogP contribution is 2.30. The molecular weight excluding hydrogens is 202 g/mol. The molecule has 0 spiro atoms. The summed E-state index contributed by atoms with van der Waals surface area (Å²) in [5.74, 6) is 0.480. The molecule has 2 unspecified atom stereocenters. The minimum Gasteiger partial charge on any atom is -0.306 e. The van der Waals surface area contributed by atoms with Crippen molar-refractivity contribution >= 4 is 0 Å². The molecule has 86 valence electrons. The summed E-state index contributed by atoms with van der Waals surface area (Å²) in [4.78, 5) is 0. The van der Waals surface area contributed by atoms with Crippen molar-refractivity contribution in [3.05, 3.63) is 11.9 Å². The van der Waals surface area contributed by atoms with E-state index in [0.29, 0.717) is 18.4 Å². The lowest BCUT2D eigenvalue weighted by Gasteiger charge is -2.32. The topological polar surface area (TPSA) is 66.5 Å². The maximum Gasteiger partial charge on any atom is 0.0996 e. The van der Waals surface area contributed by atoms with Gasteiger partial charge in [0.25, 0.3) is 0 Å². The van der Waals surface area contributed by atoms with Crippen molar-refractivity contribution in [3.8, 4) is 6.07 Å². The smallest absolute Gasteiger partial charge is 0.0996 e. The van der Waals surface area contributed by atoms with Crippen LogP contribution in [0.4, 0.5) is 0 Å². The second kappa shape index (κ2) is 4.62. The van der Waals surface area contributed by atoms with E-state index in [1.807, 2.05) is 13.2 Å². The standard InChI is InChI=1S/C11H17N5/c1-8-5-9(3-4-12)6-10(13-8)11-7-16(2)15-14-11/h7-10,13H,3,5-6H2,1-2H3/t8-,9?,10?/m0/s1. The first kappa shape index (κ1) is 11.1. The van der Waals surface area contributed by atoms with Gasteiger partial charge in [-0.15, -0.1) is 5.10 Å². The van der Waals surface area contributed by atoms with Gasteiger partial charge in [-0.05, 0) is 25.7 Å². The van der Waals surface area contributed by atoms with Crippen molar-refractivity contribution in [1.82, 2.24) is 20.3 Å². The molecule has 5 nitrogen and oxygen atoms in total. The van der Waals surface area contributed by atoms with Gasteiger partial charge in [0, 0.05) is 25.7 Å². The van der Waals surface area contributed by atoms with E-state index in [0.717, 1.165) is 18.5 Å². The van der Waals surface area contributed by atoms with Crippen LogP contribution < -0.4 is 5.32 Å². The van der Waals surface area contributed by atoms with E-state index in [2.05, 4.69) is 28.6 Å². The molecule has 1 N–H and O–H groups in total. The van der Waals surface area contributed by atoms with Gasteiger partial charge >= 0.3 is 0 Å². The zero-order valence-electron chi connectivity index (χ0n) is 9.72. The summed E-state index contributed by atoms with van der Waals surface area (Å²) < 4.78 is 1.72. The molecule has 0 bridgehead atoms. The van der Waals surface area contributed by atoms with E-state index in [1.165, 1.54) is 0 Å². The molecule has 3 atom stereocenters. The minimum atomic E-state index is 0.246. The highest BCUT2D eigenvalue weighted by Gasteiger charge is 2.28. The van der Waals surface area contributed by atoms with Crippen molar-refractivity contribution in [2.24, 2.45) is 13.0 Å². The number of aromatic nitrogens is 3. The molecule has 1 aromatic heterocycles. The third-order valence-electron chi connectivity index (χ3n) is 3.10. The lowest BCUT2D eigenvalue weighted by molar-refractivity contribution is 0.253. The maximum atomic E-state index is 8.76. The second-order valence-electron chi connectivity index (χ2n) is 4.64. The van der Waals surface area contributed by atoms with Crippen molar-refractivity contribution in [2.75, 3.05) is 0 Å². The molecule has 1 saturated heterocycles. The Balaban J connectivity index is 2.07. The van der Waals surface area contributed by atoms with Gasteiger partial charge < -0.3 is 5.32 Å². The number of aryl methyl sites for hydroxylation is 1. The fourth-order valence-electron chi connectivity index (χ4n) is 2.44. The van der Waals surface area contributed by atoms with Crippen LogP contribution in [0.25, 0.3) is 0 Å². The lowest BCUT2D eigenvalue weighted by Crippen LogP contribution is -2.38. The predicted octanol–water partition coefficient (Wildman–Crippen LogP) is 1.16. The molecule has 1 aromatic rings. The largest absolute Gasteiger partial charge is 0.306 e. The zero-order valence-corrected chi connectivity index (χ0v) is 9.72. The summed E-state index contributed by atoms with van der Waals surface area (Å²) in [5, 5.41) is 20.4.